The van der Waals surface area contributed by atoms with Crippen LogP contribution in [0.15, 0.2) is 121 Å². The molecule has 0 heterocycles. The molecule has 0 nitrogen and oxygen atoms in total. The van der Waals surface area contributed by atoms with Gasteiger partial charge in [0.1, 0.15) is 0 Å². The standard InChI is InChI=1S/C32H24/c1-22-28(23-13-5-2-6-14-23)21-29(24-15-7-3-8-16-24)32-30(22)26-19-11-12-20-27(26)31(32)25-17-9-4-10-18-25/h2-21,31H,1H3. The zero-order valence-corrected chi connectivity index (χ0v) is 18.1. The second-order valence-corrected chi connectivity index (χ2v) is 8.55. The normalized spacial score (nSPS) is 14.1. The molecule has 5 aromatic carbocycles. The molecule has 152 valence electrons. The third-order valence-electron chi connectivity index (χ3n) is 6.76. The van der Waals surface area contributed by atoms with E-state index in [2.05, 4.69) is 128 Å². The van der Waals surface area contributed by atoms with Gasteiger partial charge in [0.25, 0.3) is 0 Å². The molecule has 32 heavy (non-hydrogen) atoms. The first-order valence-corrected chi connectivity index (χ1v) is 11.3. The van der Waals surface area contributed by atoms with Crippen LogP contribution in [0.2, 0.25) is 0 Å². The summed E-state index contributed by atoms with van der Waals surface area (Å²) in [5.74, 6) is 0.237. The van der Waals surface area contributed by atoms with Crippen LogP contribution in [0.1, 0.15) is 28.2 Å². The Hall–Kier alpha value is -3.90. The van der Waals surface area contributed by atoms with Crippen LogP contribution >= 0.6 is 0 Å². The lowest BCUT2D eigenvalue weighted by Gasteiger charge is -2.21. The van der Waals surface area contributed by atoms with Crippen molar-refractivity contribution in [3.8, 4) is 33.4 Å². The molecule has 0 heteroatoms. The van der Waals surface area contributed by atoms with Crippen LogP contribution in [0, 0.1) is 6.92 Å². The van der Waals surface area contributed by atoms with Crippen molar-refractivity contribution in [3.05, 3.63) is 144 Å². The Bertz CT molecular complexity index is 1400. The van der Waals surface area contributed by atoms with Crippen molar-refractivity contribution in [2.75, 3.05) is 0 Å². The molecular formula is C32H24. The highest BCUT2D eigenvalue weighted by Gasteiger charge is 2.34. The maximum atomic E-state index is 2.42. The van der Waals surface area contributed by atoms with E-state index in [0.29, 0.717) is 0 Å². The van der Waals surface area contributed by atoms with Crippen LogP contribution < -0.4 is 0 Å². The van der Waals surface area contributed by atoms with Gasteiger partial charge in [0.15, 0.2) is 0 Å². The number of hydrogen-bond donors (Lipinski definition) is 0. The first kappa shape index (κ1) is 18.8. The molecule has 0 amide bonds. The Labute approximate surface area is 189 Å². The zero-order valence-electron chi connectivity index (χ0n) is 18.1. The molecule has 0 radical (unpaired) electrons. The summed E-state index contributed by atoms with van der Waals surface area (Å²) in [5.41, 5.74) is 13.5. The first-order valence-electron chi connectivity index (χ1n) is 11.3. The predicted octanol–water partition coefficient (Wildman–Crippen LogP) is 8.49. The molecule has 1 atom stereocenters. The highest BCUT2D eigenvalue weighted by molar-refractivity contribution is 5.94. The highest BCUT2D eigenvalue weighted by atomic mass is 14.4. The van der Waals surface area contributed by atoms with Crippen molar-refractivity contribution in [1.29, 1.82) is 0 Å². The second kappa shape index (κ2) is 7.66. The van der Waals surface area contributed by atoms with Crippen LogP contribution in [0.4, 0.5) is 0 Å². The fraction of sp³-hybridized carbons (Fsp3) is 0.0625. The van der Waals surface area contributed by atoms with E-state index in [9.17, 15) is 0 Å². The molecule has 0 N–H and O–H groups in total. The lowest BCUT2D eigenvalue weighted by molar-refractivity contribution is 1.02. The second-order valence-electron chi connectivity index (χ2n) is 8.55. The number of rotatable bonds is 3. The number of fused-ring (bicyclic) bond motifs is 3. The van der Waals surface area contributed by atoms with Gasteiger partial charge in [0, 0.05) is 5.92 Å². The summed E-state index contributed by atoms with van der Waals surface area (Å²) < 4.78 is 0. The van der Waals surface area contributed by atoms with Crippen molar-refractivity contribution in [3.63, 3.8) is 0 Å². The average molecular weight is 409 g/mol. The molecular weight excluding hydrogens is 384 g/mol. The summed E-state index contributed by atoms with van der Waals surface area (Å²) in [6, 6.07) is 44.0. The summed E-state index contributed by atoms with van der Waals surface area (Å²) in [6.45, 7) is 2.29. The Morgan fingerprint density at radius 3 is 1.69 bits per heavy atom. The van der Waals surface area contributed by atoms with E-state index < -0.39 is 0 Å². The maximum Gasteiger partial charge on any atom is 0.0358 e. The molecule has 0 fully saturated rings. The van der Waals surface area contributed by atoms with Crippen LogP contribution in [-0.2, 0) is 0 Å². The lowest BCUT2D eigenvalue weighted by Crippen LogP contribution is -2.02. The van der Waals surface area contributed by atoms with Crippen LogP contribution in [0.5, 0.6) is 0 Å². The van der Waals surface area contributed by atoms with E-state index in [0.717, 1.165) is 0 Å². The van der Waals surface area contributed by atoms with Crippen molar-refractivity contribution in [2.24, 2.45) is 0 Å². The van der Waals surface area contributed by atoms with Crippen molar-refractivity contribution in [2.45, 2.75) is 12.8 Å². The van der Waals surface area contributed by atoms with Gasteiger partial charge in [0.2, 0.25) is 0 Å². The van der Waals surface area contributed by atoms with Crippen LogP contribution in [0.3, 0.4) is 0 Å². The van der Waals surface area contributed by atoms with Gasteiger partial charge in [0.05, 0.1) is 0 Å². The Morgan fingerprint density at radius 2 is 1.03 bits per heavy atom. The largest absolute Gasteiger partial charge is 0.0622 e. The van der Waals surface area contributed by atoms with E-state index in [1.165, 1.54) is 55.6 Å². The molecule has 0 aliphatic heterocycles. The zero-order chi connectivity index (χ0) is 21.5. The molecule has 1 unspecified atom stereocenters. The summed E-state index contributed by atoms with van der Waals surface area (Å²) in [4.78, 5) is 0. The van der Waals surface area contributed by atoms with Gasteiger partial charge in [-0.3, -0.25) is 0 Å². The van der Waals surface area contributed by atoms with Gasteiger partial charge < -0.3 is 0 Å². The molecule has 5 aromatic rings. The van der Waals surface area contributed by atoms with Crippen molar-refractivity contribution < 1.29 is 0 Å². The van der Waals surface area contributed by atoms with Crippen molar-refractivity contribution in [1.82, 2.24) is 0 Å². The molecule has 1 aliphatic rings. The Kier molecular flexibility index (Phi) is 4.51. The Morgan fingerprint density at radius 1 is 0.500 bits per heavy atom. The topological polar surface area (TPSA) is 0 Å². The molecule has 6 rings (SSSR count). The minimum atomic E-state index is 0.237. The molecule has 0 saturated heterocycles. The third-order valence-corrected chi connectivity index (χ3v) is 6.76. The lowest BCUT2D eigenvalue weighted by atomic mass is 9.82. The summed E-state index contributed by atoms with van der Waals surface area (Å²) in [5, 5.41) is 0. The summed E-state index contributed by atoms with van der Waals surface area (Å²) in [7, 11) is 0. The van der Waals surface area contributed by atoms with E-state index >= 15 is 0 Å². The smallest absolute Gasteiger partial charge is 0.0358 e. The van der Waals surface area contributed by atoms with Gasteiger partial charge in [-0.15, -0.1) is 0 Å². The number of benzene rings is 5. The van der Waals surface area contributed by atoms with Crippen molar-refractivity contribution >= 4 is 0 Å². The SMILES string of the molecule is Cc1c(-c2ccccc2)cc(-c2ccccc2)c2c1-c1ccccc1C2c1ccccc1. The molecule has 0 bridgehead atoms. The van der Waals surface area contributed by atoms with Crippen LogP contribution in [-0.4, -0.2) is 0 Å². The fourth-order valence-electron chi connectivity index (χ4n) is 5.35. The molecule has 0 saturated carbocycles. The highest BCUT2D eigenvalue weighted by Crippen LogP contribution is 2.54. The predicted molar refractivity (Wildman–Crippen MR) is 135 cm³/mol. The fourth-order valence-corrected chi connectivity index (χ4v) is 5.35. The van der Waals surface area contributed by atoms with Crippen LogP contribution in [0.25, 0.3) is 33.4 Å². The average Bonchev–Trinajstić information content (AvgIpc) is 3.22. The summed E-state index contributed by atoms with van der Waals surface area (Å²) >= 11 is 0. The monoisotopic (exact) mass is 408 g/mol. The maximum absolute atomic E-state index is 2.42. The van der Waals surface area contributed by atoms with E-state index in [1.54, 1.807) is 0 Å². The van der Waals surface area contributed by atoms with E-state index in [-0.39, 0.29) is 5.92 Å². The van der Waals surface area contributed by atoms with E-state index in [4.69, 9.17) is 0 Å². The van der Waals surface area contributed by atoms with Gasteiger partial charge in [-0.25, -0.2) is 0 Å². The molecule has 1 aliphatic carbocycles. The third kappa shape index (κ3) is 2.92. The van der Waals surface area contributed by atoms with Gasteiger partial charge >= 0.3 is 0 Å². The van der Waals surface area contributed by atoms with E-state index in [1.807, 2.05) is 0 Å². The molecule has 0 spiro atoms. The van der Waals surface area contributed by atoms with Gasteiger partial charge in [-0.2, -0.15) is 0 Å². The van der Waals surface area contributed by atoms with Gasteiger partial charge in [-0.1, -0.05) is 115 Å². The Balaban J connectivity index is 1.74. The summed E-state index contributed by atoms with van der Waals surface area (Å²) in [6.07, 6.45) is 0. The quantitative estimate of drug-likeness (QED) is 0.275. The first-order chi connectivity index (χ1) is 15.8. The molecule has 0 aromatic heterocycles. The van der Waals surface area contributed by atoms with Gasteiger partial charge in [-0.05, 0) is 68.6 Å². The minimum absolute atomic E-state index is 0.237. The minimum Gasteiger partial charge on any atom is -0.0622 e. The number of hydrogen-bond acceptors (Lipinski definition) is 0.